The maximum atomic E-state index is 13.4. The number of fused-ring (bicyclic) bond motifs is 1. The summed E-state index contributed by atoms with van der Waals surface area (Å²) in [7, 11) is -2.50. The van der Waals surface area contributed by atoms with E-state index < -0.39 is 16.0 Å². The number of rotatable bonds is 5. The Hall–Kier alpha value is -3.60. The van der Waals surface area contributed by atoms with Gasteiger partial charge in [-0.05, 0) is 78.1 Å². The zero-order valence-electron chi connectivity index (χ0n) is 18.6. The first-order chi connectivity index (χ1) is 16.2. The van der Waals surface area contributed by atoms with Crippen LogP contribution < -0.4 is 4.31 Å². The summed E-state index contributed by atoms with van der Waals surface area (Å²) in [5, 5.41) is 9.73. The summed E-state index contributed by atoms with van der Waals surface area (Å²) >= 11 is 6.06. The van der Waals surface area contributed by atoms with Crippen LogP contribution >= 0.6 is 11.6 Å². The Kier molecular flexibility index (Phi) is 6.47. The molecule has 34 heavy (non-hydrogen) atoms. The monoisotopic (exact) mass is 492 g/mol. The molecular weight excluding hydrogens is 472 g/mol. The van der Waals surface area contributed by atoms with Crippen molar-refractivity contribution < 1.29 is 17.9 Å². The van der Waals surface area contributed by atoms with E-state index >= 15 is 0 Å². The number of hydrogen-bond acceptors (Lipinski definition) is 5. The largest absolute Gasteiger partial charge is 0.465 e. The first-order valence-corrected chi connectivity index (χ1v) is 12.3. The molecule has 172 valence electrons. The Bertz CT molecular complexity index is 1470. The number of allylic oxidation sites excluding steroid dienone is 1. The van der Waals surface area contributed by atoms with Crippen molar-refractivity contribution in [2.75, 3.05) is 18.0 Å². The number of carbonyl (C=O) groups is 1. The average Bonchev–Trinajstić information content (AvgIpc) is 3.27. The van der Waals surface area contributed by atoms with Gasteiger partial charge in [0.25, 0.3) is 10.0 Å². The molecule has 0 radical (unpaired) electrons. The van der Waals surface area contributed by atoms with Crippen molar-refractivity contribution >= 4 is 44.9 Å². The molecule has 0 saturated carbocycles. The van der Waals surface area contributed by atoms with Crippen LogP contribution in [0.4, 0.5) is 5.69 Å². The number of hydrogen-bond donors (Lipinski definition) is 0. The van der Waals surface area contributed by atoms with Crippen molar-refractivity contribution in [3.63, 3.8) is 0 Å². The van der Waals surface area contributed by atoms with Crippen molar-refractivity contribution in [3.8, 4) is 6.07 Å². The number of sulfonamides is 1. The Labute approximate surface area is 203 Å². The zero-order valence-corrected chi connectivity index (χ0v) is 20.2. The summed E-state index contributed by atoms with van der Waals surface area (Å²) in [6.07, 6.45) is 2.37. The molecule has 0 saturated heterocycles. The van der Waals surface area contributed by atoms with Crippen LogP contribution in [0.5, 0.6) is 0 Å². The third-order valence-corrected chi connectivity index (χ3v) is 7.78. The van der Waals surface area contributed by atoms with Gasteiger partial charge < -0.3 is 4.74 Å². The molecule has 3 aromatic rings. The smallest absolute Gasteiger partial charge is 0.338 e. The van der Waals surface area contributed by atoms with Gasteiger partial charge in [0.2, 0.25) is 0 Å². The normalized spacial score (nSPS) is 13.4. The van der Waals surface area contributed by atoms with Gasteiger partial charge in [0.05, 0.1) is 34.9 Å². The fourth-order valence-electron chi connectivity index (χ4n) is 3.97. The van der Waals surface area contributed by atoms with Crippen molar-refractivity contribution in [1.29, 1.82) is 5.26 Å². The highest BCUT2D eigenvalue weighted by molar-refractivity contribution is 7.92. The number of ether oxygens (including phenoxy) is 1. The van der Waals surface area contributed by atoms with Crippen molar-refractivity contribution in [2.24, 2.45) is 0 Å². The summed E-state index contributed by atoms with van der Waals surface area (Å²) in [5.41, 5.74) is 4.16. The number of carbonyl (C=O) groups excluding carboxylic acids is 1. The quantitative estimate of drug-likeness (QED) is 0.356. The van der Waals surface area contributed by atoms with Crippen molar-refractivity contribution in [1.82, 2.24) is 0 Å². The lowest BCUT2D eigenvalue weighted by Gasteiger charge is -2.20. The van der Waals surface area contributed by atoms with Crippen LogP contribution in [-0.4, -0.2) is 28.0 Å². The van der Waals surface area contributed by atoms with E-state index in [-0.39, 0.29) is 10.5 Å². The molecule has 0 N–H and O–H groups in total. The first kappa shape index (κ1) is 23.6. The van der Waals surface area contributed by atoms with E-state index in [1.807, 2.05) is 19.1 Å². The highest BCUT2D eigenvalue weighted by Gasteiger charge is 2.31. The van der Waals surface area contributed by atoms with Crippen LogP contribution in [0, 0.1) is 11.3 Å². The Morgan fingerprint density at radius 1 is 1.15 bits per heavy atom. The van der Waals surface area contributed by atoms with Crippen LogP contribution in [0.25, 0.3) is 11.6 Å². The molecule has 8 heteroatoms. The Morgan fingerprint density at radius 2 is 1.94 bits per heavy atom. The molecule has 1 heterocycles. The molecule has 0 unspecified atom stereocenters. The number of esters is 1. The third kappa shape index (κ3) is 4.43. The summed E-state index contributed by atoms with van der Waals surface area (Å²) in [6.45, 7) is 2.18. The van der Waals surface area contributed by atoms with E-state index in [4.69, 9.17) is 21.6 Å². The van der Waals surface area contributed by atoms with Crippen LogP contribution in [-0.2, 0) is 21.2 Å². The predicted octanol–water partition coefficient (Wildman–Crippen LogP) is 5.31. The lowest BCUT2D eigenvalue weighted by molar-refractivity contribution is 0.0600. The molecule has 0 spiro atoms. The minimum Gasteiger partial charge on any atom is -0.465 e. The highest BCUT2D eigenvalue weighted by Crippen LogP contribution is 2.35. The van der Waals surface area contributed by atoms with E-state index in [0.717, 1.165) is 11.1 Å². The van der Waals surface area contributed by atoms with Crippen LogP contribution in [0.15, 0.2) is 65.6 Å². The number of halogens is 1. The minimum atomic E-state index is -3.78. The molecule has 0 amide bonds. The van der Waals surface area contributed by atoms with Crippen LogP contribution in [0.2, 0.25) is 5.02 Å². The topological polar surface area (TPSA) is 87.5 Å². The van der Waals surface area contributed by atoms with Gasteiger partial charge in [0.1, 0.15) is 0 Å². The average molecular weight is 493 g/mol. The van der Waals surface area contributed by atoms with E-state index in [0.29, 0.717) is 40.4 Å². The number of methoxy groups -OCH3 is 1. The number of anilines is 1. The van der Waals surface area contributed by atoms with Crippen LogP contribution in [0.1, 0.15) is 39.5 Å². The zero-order chi connectivity index (χ0) is 24.5. The van der Waals surface area contributed by atoms with Crippen molar-refractivity contribution in [2.45, 2.75) is 18.2 Å². The van der Waals surface area contributed by atoms with E-state index in [1.165, 1.54) is 17.5 Å². The summed E-state index contributed by atoms with van der Waals surface area (Å²) in [4.78, 5) is 12.4. The maximum Gasteiger partial charge on any atom is 0.338 e. The van der Waals surface area contributed by atoms with Gasteiger partial charge >= 0.3 is 5.97 Å². The maximum absolute atomic E-state index is 13.4. The molecule has 0 atom stereocenters. The molecule has 4 rings (SSSR count). The molecule has 0 aliphatic carbocycles. The fraction of sp³-hybridized carbons (Fsp3) is 0.154. The summed E-state index contributed by atoms with van der Waals surface area (Å²) in [5.74, 6) is -0.555. The van der Waals surface area contributed by atoms with Gasteiger partial charge in [-0.1, -0.05) is 35.9 Å². The second kappa shape index (κ2) is 9.34. The summed E-state index contributed by atoms with van der Waals surface area (Å²) in [6, 6.07) is 18.7. The van der Waals surface area contributed by atoms with E-state index in [2.05, 4.69) is 0 Å². The third-order valence-electron chi connectivity index (χ3n) is 5.73. The van der Waals surface area contributed by atoms with Gasteiger partial charge in [-0.2, -0.15) is 5.26 Å². The first-order valence-electron chi connectivity index (χ1n) is 10.5. The Balaban J connectivity index is 1.71. The summed E-state index contributed by atoms with van der Waals surface area (Å²) < 4.78 is 33.2. The van der Waals surface area contributed by atoms with Gasteiger partial charge in [0, 0.05) is 11.6 Å². The SMILES string of the molecule is COC(=O)c1cc(C#N)ccc1/C=C(\C)c1cccc(S(=O)(=O)N2CCc3cc(Cl)ccc32)c1. The Morgan fingerprint density at radius 3 is 2.68 bits per heavy atom. The second-order valence-corrected chi connectivity index (χ2v) is 10.2. The van der Waals surface area contributed by atoms with Crippen LogP contribution in [0.3, 0.4) is 0 Å². The standard InChI is InChI=1S/C26H21ClN2O4S/c1-17(12-20-7-6-18(16-28)13-24(20)26(30)33-2)19-4-3-5-23(15-19)34(31,32)29-11-10-21-14-22(27)8-9-25(21)29/h3-9,12-15H,10-11H2,1-2H3/b17-12+. The minimum absolute atomic E-state index is 0.175. The lowest BCUT2D eigenvalue weighted by atomic mass is 9.99. The van der Waals surface area contributed by atoms with E-state index in [1.54, 1.807) is 54.6 Å². The van der Waals surface area contributed by atoms with Gasteiger partial charge in [-0.15, -0.1) is 0 Å². The molecule has 0 fully saturated rings. The number of nitriles is 1. The molecule has 6 nitrogen and oxygen atoms in total. The van der Waals surface area contributed by atoms with Gasteiger partial charge in [-0.3, -0.25) is 4.31 Å². The van der Waals surface area contributed by atoms with Crippen molar-refractivity contribution in [3.05, 3.63) is 93.5 Å². The lowest BCUT2D eigenvalue weighted by Crippen LogP contribution is -2.29. The molecular formula is C26H21ClN2O4S. The van der Waals surface area contributed by atoms with E-state index in [9.17, 15) is 13.2 Å². The second-order valence-electron chi connectivity index (χ2n) is 7.86. The molecule has 1 aliphatic rings. The predicted molar refractivity (Wildman–Crippen MR) is 132 cm³/mol. The fourth-order valence-corrected chi connectivity index (χ4v) is 5.72. The molecule has 1 aliphatic heterocycles. The van der Waals surface area contributed by atoms with Gasteiger partial charge in [0.15, 0.2) is 0 Å². The van der Waals surface area contributed by atoms with Gasteiger partial charge in [-0.25, -0.2) is 13.2 Å². The number of nitrogens with zero attached hydrogens (tertiary/aromatic N) is 2. The molecule has 3 aromatic carbocycles. The number of benzene rings is 3. The highest BCUT2D eigenvalue weighted by atomic mass is 35.5. The molecule has 0 aromatic heterocycles. The molecule has 0 bridgehead atoms.